The summed E-state index contributed by atoms with van der Waals surface area (Å²) in [7, 11) is 3.51. The van der Waals surface area contributed by atoms with E-state index < -0.39 is 0 Å². The summed E-state index contributed by atoms with van der Waals surface area (Å²) in [5.74, 6) is 0.702. The topological polar surface area (TPSA) is 77.0 Å². The highest BCUT2D eigenvalue weighted by atomic mass is 127. The molecule has 0 radical (unpaired) electrons. The molecule has 0 heterocycles. The van der Waals surface area contributed by atoms with Crippen molar-refractivity contribution in [1.82, 2.24) is 15.5 Å². The predicted octanol–water partition coefficient (Wildman–Crippen LogP) is 2.88. The van der Waals surface area contributed by atoms with E-state index in [9.17, 15) is 9.90 Å². The van der Waals surface area contributed by atoms with Crippen LogP contribution in [0.3, 0.4) is 0 Å². The van der Waals surface area contributed by atoms with Gasteiger partial charge in [-0.15, -0.1) is 24.0 Å². The molecular weight excluding hydrogens is 491 g/mol. The normalized spacial score (nSPS) is 11.9. The number of nitrogens with zero attached hydrogens (tertiary/aromatic N) is 2. The van der Waals surface area contributed by atoms with Gasteiger partial charge in [0.2, 0.25) is 0 Å². The van der Waals surface area contributed by atoms with Crippen LogP contribution in [0.15, 0.2) is 59.6 Å². The van der Waals surface area contributed by atoms with Crippen molar-refractivity contribution in [3.8, 4) is 0 Å². The second-order valence-electron chi connectivity index (χ2n) is 7.09. The second-order valence-corrected chi connectivity index (χ2v) is 7.09. The molecule has 0 saturated carbocycles. The van der Waals surface area contributed by atoms with Gasteiger partial charge in [0, 0.05) is 38.7 Å². The molecule has 2 aromatic rings. The Labute approximate surface area is 196 Å². The molecular formula is C23H33IN4O2. The number of aliphatic imine (C=N–C) groups is 1. The molecule has 0 aliphatic carbocycles. The first-order valence-corrected chi connectivity index (χ1v) is 10.0. The maximum atomic E-state index is 12.1. The van der Waals surface area contributed by atoms with Crippen molar-refractivity contribution < 1.29 is 9.90 Å². The Morgan fingerprint density at radius 1 is 1.10 bits per heavy atom. The predicted molar refractivity (Wildman–Crippen MR) is 134 cm³/mol. The number of aliphatic hydroxyl groups is 1. The number of nitrogens with one attached hydrogen (secondary N) is 2. The first-order chi connectivity index (χ1) is 14.0. The van der Waals surface area contributed by atoms with E-state index in [0.717, 1.165) is 30.1 Å². The number of guanidine groups is 1. The molecule has 7 heteroatoms. The standard InChI is InChI=1S/C23H32N4O2.HI/c1-4-24-23(26-16-21(17-28)19-10-6-5-7-11-19)25-14-13-18-9-8-12-20(15-18)22(29)27(2)3;/h5-12,15,21,28H,4,13-14,16-17H2,1-3H3,(H2,24,25,26);1H. The minimum atomic E-state index is -0.0274. The highest BCUT2D eigenvalue weighted by Crippen LogP contribution is 2.15. The number of carbonyl (C=O) groups is 1. The zero-order valence-electron chi connectivity index (χ0n) is 18.0. The molecule has 0 bridgehead atoms. The molecule has 0 saturated heterocycles. The Kier molecular flexibility index (Phi) is 12.1. The number of rotatable bonds is 9. The minimum absolute atomic E-state index is 0. The van der Waals surface area contributed by atoms with E-state index in [0.29, 0.717) is 18.7 Å². The van der Waals surface area contributed by atoms with Crippen LogP contribution in [0.5, 0.6) is 0 Å². The van der Waals surface area contributed by atoms with Crippen LogP contribution in [0.4, 0.5) is 0 Å². The number of halogens is 1. The summed E-state index contributed by atoms with van der Waals surface area (Å²) in [5, 5.41) is 16.3. The Balaban J connectivity index is 0.00000450. The van der Waals surface area contributed by atoms with Crippen molar-refractivity contribution in [1.29, 1.82) is 0 Å². The summed E-state index contributed by atoms with van der Waals surface area (Å²) in [6.07, 6.45) is 0.779. The van der Waals surface area contributed by atoms with E-state index in [1.165, 1.54) is 0 Å². The van der Waals surface area contributed by atoms with Crippen molar-refractivity contribution >= 4 is 35.8 Å². The van der Waals surface area contributed by atoms with Crippen LogP contribution < -0.4 is 10.6 Å². The Morgan fingerprint density at radius 3 is 2.47 bits per heavy atom. The van der Waals surface area contributed by atoms with E-state index in [2.05, 4.69) is 15.6 Å². The molecule has 0 fully saturated rings. The molecule has 30 heavy (non-hydrogen) atoms. The monoisotopic (exact) mass is 524 g/mol. The molecule has 0 aliphatic rings. The molecule has 2 aromatic carbocycles. The molecule has 1 unspecified atom stereocenters. The largest absolute Gasteiger partial charge is 0.396 e. The van der Waals surface area contributed by atoms with Crippen LogP contribution in [0, 0.1) is 0 Å². The Bertz CT molecular complexity index is 797. The maximum Gasteiger partial charge on any atom is 0.253 e. The molecule has 164 valence electrons. The average molecular weight is 524 g/mol. The van der Waals surface area contributed by atoms with Crippen molar-refractivity contribution in [3.05, 3.63) is 71.3 Å². The zero-order valence-corrected chi connectivity index (χ0v) is 20.3. The highest BCUT2D eigenvalue weighted by Gasteiger charge is 2.10. The van der Waals surface area contributed by atoms with Gasteiger partial charge in [-0.3, -0.25) is 9.79 Å². The molecule has 0 spiro atoms. The molecule has 6 nitrogen and oxygen atoms in total. The number of hydrogen-bond donors (Lipinski definition) is 3. The van der Waals surface area contributed by atoms with E-state index >= 15 is 0 Å². The fourth-order valence-electron chi connectivity index (χ4n) is 2.98. The third-order valence-electron chi connectivity index (χ3n) is 4.59. The Morgan fingerprint density at radius 2 is 1.83 bits per heavy atom. The summed E-state index contributed by atoms with van der Waals surface area (Å²) >= 11 is 0. The highest BCUT2D eigenvalue weighted by molar-refractivity contribution is 14.0. The van der Waals surface area contributed by atoms with Gasteiger partial charge in [0.05, 0.1) is 13.2 Å². The van der Waals surface area contributed by atoms with Crippen LogP contribution in [-0.2, 0) is 6.42 Å². The number of benzene rings is 2. The summed E-state index contributed by atoms with van der Waals surface area (Å²) in [6.45, 7) is 4.03. The van der Waals surface area contributed by atoms with Gasteiger partial charge >= 0.3 is 0 Å². The summed E-state index contributed by atoms with van der Waals surface area (Å²) in [6, 6.07) is 17.6. The lowest BCUT2D eigenvalue weighted by molar-refractivity contribution is 0.0827. The second kappa shape index (κ2) is 14.0. The van der Waals surface area contributed by atoms with Crippen LogP contribution in [-0.4, -0.2) is 62.2 Å². The van der Waals surface area contributed by atoms with Gasteiger partial charge < -0.3 is 20.6 Å². The van der Waals surface area contributed by atoms with Gasteiger partial charge in [0.1, 0.15) is 0 Å². The molecule has 3 N–H and O–H groups in total. The van der Waals surface area contributed by atoms with E-state index in [1.807, 2.05) is 61.5 Å². The van der Waals surface area contributed by atoms with Crippen LogP contribution in [0.1, 0.15) is 34.3 Å². The summed E-state index contributed by atoms with van der Waals surface area (Å²) in [4.78, 5) is 18.3. The van der Waals surface area contributed by atoms with Gasteiger partial charge in [0.25, 0.3) is 5.91 Å². The lowest BCUT2D eigenvalue weighted by atomic mass is 10.0. The number of carbonyl (C=O) groups excluding carboxylic acids is 1. The van der Waals surface area contributed by atoms with Crippen molar-refractivity contribution in [2.24, 2.45) is 4.99 Å². The third kappa shape index (κ3) is 8.31. The van der Waals surface area contributed by atoms with Gasteiger partial charge in [-0.2, -0.15) is 0 Å². The van der Waals surface area contributed by atoms with Crippen molar-refractivity contribution in [2.45, 2.75) is 19.3 Å². The van der Waals surface area contributed by atoms with Crippen LogP contribution in [0.2, 0.25) is 0 Å². The number of amides is 1. The fraction of sp³-hybridized carbons (Fsp3) is 0.391. The molecule has 2 rings (SSSR count). The molecule has 0 aliphatic heterocycles. The molecule has 0 aromatic heterocycles. The van der Waals surface area contributed by atoms with Crippen LogP contribution >= 0.6 is 24.0 Å². The van der Waals surface area contributed by atoms with Gasteiger partial charge in [-0.05, 0) is 36.6 Å². The summed E-state index contributed by atoms with van der Waals surface area (Å²) < 4.78 is 0. The lowest BCUT2D eigenvalue weighted by Gasteiger charge is -2.15. The first-order valence-electron chi connectivity index (χ1n) is 10.0. The molecule has 1 amide bonds. The van der Waals surface area contributed by atoms with E-state index in [-0.39, 0.29) is 42.4 Å². The lowest BCUT2D eigenvalue weighted by Crippen LogP contribution is -2.38. The van der Waals surface area contributed by atoms with Crippen molar-refractivity contribution in [3.63, 3.8) is 0 Å². The smallest absolute Gasteiger partial charge is 0.253 e. The van der Waals surface area contributed by atoms with Gasteiger partial charge in [0.15, 0.2) is 5.96 Å². The quantitative estimate of drug-likeness (QED) is 0.268. The number of aliphatic hydroxyl groups excluding tert-OH is 1. The first kappa shape index (κ1) is 25.9. The zero-order chi connectivity index (χ0) is 21.1. The Hall–Kier alpha value is -2.13. The van der Waals surface area contributed by atoms with Gasteiger partial charge in [-0.25, -0.2) is 0 Å². The maximum absolute atomic E-state index is 12.1. The van der Waals surface area contributed by atoms with E-state index in [4.69, 9.17) is 0 Å². The minimum Gasteiger partial charge on any atom is -0.396 e. The average Bonchev–Trinajstić information content (AvgIpc) is 2.74. The SMILES string of the molecule is CCNC(=NCC(CO)c1ccccc1)NCCc1cccc(C(=O)N(C)C)c1.I. The van der Waals surface area contributed by atoms with Crippen molar-refractivity contribution in [2.75, 3.05) is 40.3 Å². The fourth-order valence-corrected chi connectivity index (χ4v) is 2.98. The summed E-state index contributed by atoms with van der Waals surface area (Å²) in [5.41, 5.74) is 2.87. The number of hydrogen-bond acceptors (Lipinski definition) is 3. The van der Waals surface area contributed by atoms with Crippen LogP contribution in [0.25, 0.3) is 0 Å². The van der Waals surface area contributed by atoms with E-state index in [1.54, 1.807) is 19.0 Å². The third-order valence-corrected chi connectivity index (χ3v) is 4.59. The van der Waals surface area contributed by atoms with Gasteiger partial charge in [-0.1, -0.05) is 42.5 Å². The molecule has 1 atom stereocenters.